The standard InChI is InChI=1S/C13H14O5/c1-12(2,3)10(14)17-7-6-5-13(4)9(16-6)8(7)18-11(13)15/h5H2,1-4H3. The number of carbonyl (C=O) groups is 2. The second-order valence-corrected chi connectivity index (χ2v) is 6.05. The van der Waals surface area contributed by atoms with Crippen molar-refractivity contribution < 1.29 is 23.5 Å². The summed E-state index contributed by atoms with van der Waals surface area (Å²) in [7, 11) is 0. The van der Waals surface area contributed by atoms with Gasteiger partial charge in [0.25, 0.3) is 0 Å². The Morgan fingerprint density at radius 3 is 2.67 bits per heavy atom. The van der Waals surface area contributed by atoms with E-state index in [0.717, 1.165) is 0 Å². The highest BCUT2D eigenvalue weighted by molar-refractivity contribution is 5.93. The molecule has 1 unspecified atom stereocenters. The van der Waals surface area contributed by atoms with Gasteiger partial charge in [0.2, 0.25) is 11.5 Å². The Morgan fingerprint density at radius 2 is 2.06 bits per heavy atom. The summed E-state index contributed by atoms with van der Waals surface area (Å²) < 4.78 is 16.0. The molecule has 3 rings (SSSR count). The molecule has 1 atom stereocenters. The van der Waals surface area contributed by atoms with E-state index in [1.54, 1.807) is 27.7 Å². The van der Waals surface area contributed by atoms with E-state index < -0.39 is 10.8 Å². The molecule has 1 aromatic heterocycles. The van der Waals surface area contributed by atoms with E-state index >= 15 is 0 Å². The molecule has 0 aromatic carbocycles. The lowest BCUT2D eigenvalue weighted by molar-refractivity contribution is -0.143. The molecular weight excluding hydrogens is 236 g/mol. The summed E-state index contributed by atoms with van der Waals surface area (Å²) in [6.45, 7) is 7.05. The average molecular weight is 250 g/mol. The van der Waals surface area contributed by atoms with Crippen molar-refractivity contribution in [1.82, 2.24) is 0 Å². The fourth-order valence-corrected chi connectivity index (χ4v) is 2.14. The molecule has 1 aromatic rings. The maximum absolute atomic E-state index is 11.9. The number of furan rings is 1. The third-order valence-electron chi connectivity index (χ3n) is 3.36. The fourth-order valence-electron chi connectivity index (χ4n) is 2.14. The van der Waals surface area contributed by atoms with Crippen molar-refractivity contribution in [3.63, 3.8) is 0 Å². The Balaban J connectivity index is 1.98. The molecule has 0 spiro atoms. The molecular formula is C13H14O5. The van der Waals surface area contributed by atoms with Crippen molar-refractivity contribution in [2.75, 3.05) is 0 Å². The highest BCUT2D eigenvalue weighted by Gasteiger charge is 2.57. The Kier molecular flexibility index (Phi) is 1.86. The zero-order valence-electron chi connectivity index (χ0n) is 10.7. The van der Waals surface area contributed by atoms with Crippen LogP contribution in [0.25, 0.3) is 0 Å². The van der Waals surface area contributed by atoms with Crippen LogP contribution < -0.4 is 9.47 Å². The molecule has 0 N–H and O–H groups in total. The smallest absolute Gasteiger partial charge is 0.325 e. The topological polar surface area (TPSA) is 65.7 Å². The second-order valence-electron chi connectivity index (χ2n) is 6.05. The molecule has 5 nitrogen and oxygen atoms in total. The predicted molar refractivity (Wildman–Crippen MR) is 60.5 cm³/mol. The molecule has 5 heteroatoms. The number of esters is 2. The van der Waals surface area contributed by atoms with Crippen LogP contribution in [0.5, 0.6) is 11.5 Å². The minimum Gasteiger partial charge on any atom is -0.457 e. The van der Waals surface area contributed by atoms with Gasteiger partial charge in [-0.3, -0.25) is 9.59 Å². The molecule has 0 saturated carbocycles. The quantitative estimate of drug-likeness (QED) is 0.713. The SMILES string of the molecule is CC(C)(C)C(=O)Oc1c2oc3c1OC(=O)C3(C)C2. The van der Waals surface area contributed by atoms with Crippen molar-refractivity contribution in [2.24, 2.45) is 5.41 Å². The van der Waals surface area contributed by atoms with Crippen LogP contribution in [0.3, 0.4) is 0 Å². The van der Waals surface area contributed by atoms with Crippen molar-refractivity contribution >= 4 is 11.9 Å². The van der Waals surface area contributed by atoms with Crippen molar-refractivity contribution in [3.8, 4) is 11.5 Å². The maximum atomic E-state index is 11.9. The lowest BCUT2D eigenvalue weighted by Gasteiger charge is -2.17. The third kappa shape index (κ3) is 1.22. The summed E-state index contributed by atoms with van der Waals surface area (Å²) >= 11 is 0. The van der Waals surface area contributed by atoms with Gasteiger partial charge in [-0.2, -0.15) is 0 Å². The van der Waals surface area contributed by atoms with Crippen LogP contribution in [-0.4, -0.2) is 11.9 Å². The van der Waals surface area contributed by atoms with E-state index in [4.69, 9.17) is 13.9 Å². The predicted octanol–water partition coefficient (Wildman–Crippen LogP) is 1.96. The summed E-state index contributed by atoms with van der Waals surface area (Å²) in [5.41, 5.74) is -1.34. The Labute approximate surface area is 104 Å². The highest BCUT2D eigenvalue weighted by atomic mass is 16.6. The van der Waals surface area contributed by atoms with Crippen LogP contribution in [0.15, 0.2) is 4.42 Å². The van der Waals surface area contributed by atoms with Crippen LogP contribution in [0.2, 0.25) is 0 Å². The van der Waals surface area contributed by atoms with Gasteiger partial charge in [0.05, 0.1) is 5.41 Å². The molecule has 0 fully saturated rings. The van der Waals surface area contributed by atoms with Crippen LogP contribution >= 0.6 is 0 Å². The van der Waals surface area contributed by atoms with Gasteiger partial charge in [0, 0.05) is 6.42 Å². The average Bonchev–Trinajstić information content (AvgIpc) is 2.78. The van der Waals surface area contributed by atoms with E-state index in [1.165, 1.54) is 0 Å². The molecule has 18 heavy (non-hydrogen) atoms. The van der Waals surface area contributed by atoms with Gasteiger partial charge in [-0.15, -0.1) is 0 Å². The van der Waals surface area contributed by atoms with Gasteiger partial charge in [-0.05, 0) is 27.7 Å². The molecule has 2 bridgehead atoms. The van der Waals surface area contributed by atoms with Gasteiger partial charge >= 0.3 is 11.9 Å². The van der Waals surface area contributed by atoms with Crippen molar-refractivity contribution in [3.05, 3.63) is 11.5 Å². The summed E-state index contributed by atoms with van der Waals surface area (Å²) in [5, 5.41) is 0. The van der Waals surface area contributed by atoms with Crippen molar-refractivity contribution in [1.29, 1.82) is 0 Å². The number of hydrogen-bond acceptors (Lipinski definition) is 5. The number of carbonyl (C=O) groups excluding carboxylic acids is 2. The minimum atomic E-state index is -0.720. The third-order valence-corrected chi connectivity index (χ3v) is 3.36. The number of rotatable bonds is 1. The zero-order valence-corrected chi connectivity index (χ0v) is 10.7. The largest absolute Gasteiger partial charge is 0.457 e. The molecule has 2 aliphatic rings. The fraction of sp³-hybridized carbons (Fsp3) is 0.538. The first-order valence-corrected chi connectivity index (χ1v) is 5.84. The van der Waals surface area contributed by atoms with E-state index in [-0.39, 0.29) is 23.4 Å². The first kappa shape index (κ1) is 11.3. The summed E-state index contributed by atoms with van der Waals surface area (Å²) in [6.07, 6.45) is 0.400. The van der Waals surface area contributed by atoms with Crippen LogP contribution in [-0.2, 0) is 21.4 Å². The maximum Gasteiger partial charge on any atom is 0.325 e. The monoisotopic (exact) mass is 250 g/mol. The molecule has 0 amide bonds. The zero-order chi connectivity index (χ0) is 13.3. The molecule has 2 aliphatic heterocycles. The lowest BCUT2D eigenvalue weighted by Crippen LogP contribution is -2.30. The summed E-state index contributed by atoms with van der Waals surface area (Å²) in [4.78, 5) is 23.6. The lowest BCUT2D eigenvalue weighted by atomic mass is 9.83. The van der Waals surface area contributed by atoms with E-state index in [9.17, 15) is 9.59 Å². The first-order valence-electron chi connectivity index (χ1n) is 5.84. The van der Waals surface area contributed by atoms with Gasteiger partial charge < -0.3 is 13.9 Å². The molecule has 0 radical (unpaired) electrons. The summed E-state index contributed by atoms with van der Waals surface area (Å²) in [6, 6.07) is 0. The number of hydrogen-bond donors (Lipinski definition) is 0. The molecule has 0 saturated heterocycles. The van der Waals surface area contributed by atoms with Crippen molar-refractivity contribution in [2.45, 2.75) is 39.5 Å². The van der Waals surface area contributed by atoms with Gasteiger partial charge in [-0.1, -0.05) is 0 Å². The summed E-state index contributed by atoms with van der Waals surface area (Å²) in [5.74, 6) is 0.836. The molecule has 96 valence electrons. The van der Waals surface area contributed by atoms with Gasteiger partial charge in [0.1, 0.15) is 5.41 Å². The normalized spacial score (nSPS) is 24.3. The number of ether oxygens (including phenoxy) is 2. The minimum absolute atomic E-state index is 0.272. The molecule has 0 aliphatic carbocycles. The van der Waals surface area contributed by atoms with Crippen LogP contribution in [0.1, 0.15) is 39.2 Å². The van der Waals surface area contributed by atoms with Crippen LogP contribution in [0.4, 0.5) is 0 Å². The Hall–Kier alpha value is -1.78. The van der Waals surface area contributed by atoms with E-state index in [2.05, 4.69) is 0 Å². The van der Waals surface area contributed by atoms with Gasteiger partial charge in [-0.25, -0.2) is 0 Å². The number of fused-ring (bicyclic) bond motifs is 1. The second kappa shape index (κ2) is 2.96. The van der Waals surface area contributed by atoms with E-state index in [1.807, 2.05) is 0 Å². The Bertz CT molecular complexity index is 575. The van der Waals surface area contributed by atoms with Gasteiger partial charge in [0.15, 0.2) is 11.5 Å². The highest BCUT2D eigenvalue weighted by Crippen LogP contribution is 2.57. The first-order chi connectivity index (χ1) is 8.23. The molecule has 3 heterocycles. The van der Waals surface area contributed by atoms with Crippen LogP contribution in [0, 0.1) is 5.41 Å². The van der Waals surface area contributed by atoms with E-state index in [0.29, 0.717) is 17.9 Å². The Morgan fingerprint density at radius 1 is 1.39 bits per heavy atom.